The zero-order valence-electron chi connectivity index (χ0n) is 18.3. The van der Waals surface area contributed by atoms with Crippen molar-refractivity contribution in [2.24, 2.45) is 5.10 Å². The molecule has 2 aromatic heterocycles. The molecule has 0 aliphatic carbocycles. The van der Waals surface area contributed by atoms with Crippen LogP contribution in [-0.4, -0.2) is 42.2 Å². The van der Waals surface area contributed by atoms with Crippen LogP contribution in [0.15, 0.2) is 62.9 Å². The zero-order chi connectivity index (χ0) is 22.0. The Bertz CT molecular complexity index is 1050. The van der Waals surface area contributed by atoms with Crippen LogP contribution in [0.25, 0.3) is 0 Å². The molecular weight excluding hydrogens is 394 g/mol. The van der Waals surface area contributed by atoms with Crippen LogP contribution < -0.4 is 4.74 Å². The molecule has 1 aromatic carbocycles. The molecule has 4 rings (SSSR count). The number of ether oxygens (including phenoxy) is 1. The number of aryl methyl sites for hydroxylation is 2. The Labute approximate surface area is 181 Å². The van der Waals surface area contributed by atoms with Gasteiger partial charge in [0.1, 0.15) is 29.0 Å². The lowest BCUT2D eigenvalue weighted by Gasteiger charge is -2.23. The minimum Gasteiger partial charge on any atom is -0.496 e. The van der Waals surface area contributed by atoms with Crippen molar-refractivity contribution in [3.05, 3.63) is 77.1 Å². The summed E-state index contributed by atoms with van der Waals surface area (Å²) >= 11 is 0. The predicted octanol–water partition coefficient (Wildman–Crippen LogP) is 4.31. The minimum atomic E-state index is -0.276. The molecule has 1 unspecified atom stereocenters. The molecule has 3 aromatic rings. The summed E-state index contributed by atoms with van der Waals surface area (Å²) in [6, 6.07) is 11.3. The molecule has 0 spiro atoms. The van der Waals surface area contributed by atoms with E-state index in [0.717, 1.165) is 28.2 Å². The van der Waals surface area contributed by atoms with Crippen LogP contribution in [0.4, 0.5) is 0 Å². The third-order valence-electron chi connectivity index (χ3n) is 5.43. The molecule has 0 saturated carbocycles. The van der Waals surface area contributed by atoms with Crippen LogP contribution in [-0.2, 0) is 11.3 Å². The van der Waals surface area contributed by atoms with Crippen molar-refractivity contribution in [3.63, 3.8) is 0 Å². The molecule has 3 heterocycles. The van der Waals surface area contributed by atoms with Crippen molar-refractivity contribution in [1.82, 2.24) is 9.91 Å². The van der Waals surface area contributed by atoms with Gasteiger partial charge in [-0.05, 0) is 61.9 Å². The summed E-state index contributed by atoms with van der Waals surface area (Å²) < 4.78 is 16.5. The average molecular weight is 421 g/mol. The third-order valence-corrected chi connectivity index (χ3v) is 5.43. The van der Waals surface area contributed by atoms with E-state index in [-0.39, 0.29) is 18.5 Å². The first-order valence-electron chi connectivity index (χ1n) is 10.3. The summed E-state index contributed by atoms with van der Waals surface area (Å²) in [4.78, 5) is 15.2. The van der Waals surface area contributed by atoms with Crippen LogP contribution in [0, 0.1) is 13.8 Å². The second-order valence-electron chi connectivity index (χ2n) is 7.93. The SMILES string of the molecule is COc1c(C)cc(CN(C)CC(=O)N2N=C(c3ccco3)CC2c2ccco2)cc1C. The Morgan fingerprint density at radius 2 is 1.90 bits per heavy atom. The van der Waals surface area contributed by atoms with Gasteiger partial charge in [-0.1, -0.05) is 12.1 Å². The van der Waals surface area contributed by atoms with E-state index < -0.39 is 0 Å². The van der Waals surface area contributed by atoms with E-state index in [9.17, 15) is 4.79 Å². The first kappa shape index (κ1) is 20.9. The number of hydrogen-bond acceptors (Lipinski definition) is 6. The third kappa shape index (κ3) is 4.41. The van der Waals surface area contributed by atoms with E-state index in [1.165, 1.54) is 5.01 Å². The first-order valence-corrected chi connectivity index (χ1v) is 10.3. The number of rotatable bonds is 7. The van der Waals surface area contributed by atoms with Gasteiger partial charge in [0.25, 0.3) is 5.91 Å². The van der Waals surface area contributed by atoms with Crippen LogP contribution in [0.2, 0.25) is 0 Å². The predicted molar refractivity (Wildman–Crippen MR) is 117 cm³/mol. The van der Waals surface area contributed by atoms with E-state index >= 15 is 0 Å². The molecule has 7 heteroatoms. The fourth-order valence-corrected chi connectivity index (χ4v) is 4.16. The minimum absolute atomic E-state index is 0.0904. The van der Waals surface area contributed by atoms with E-state index in [0.29, 0.717) is 24.5 Å². The van der Waals surface area contributed by atoms with Gasteiger partial charge >= 0.3 is 0 Å². The second kappa shape index (κ2) is 8.81. The maximum Gasteiger partial charge on any atom is 0.257 e. The summed E-state index contributed by atoms with van der Waals surface area (Å²) in [5.74, 6) is 2.19. The number of carbonyl (C=O) groups excluding carboxylic acids is 1. The first-order chi connectivity index (χ1) is 15.0. The van der Waals surface area contributed by atoms with Gasteiger partial charge in [0.05, 0.1) is 26.2 Å². The Balaban J connectivity index is 1.49. The molecule has 31 heavy (non-hydrogen) atoms. The van der Waals surface area contributed by atoms with Gasteiger partial charge in [0, 0.05) is 13.0 Å². The topological polar surface area (TPSA) is 71.4 Å². The Morgan fingerprint density at radius 1 is 1.19 bits per heavy atom. The van der Waals surface area contributed by atoms with E-state index in [1.54, 1.807) is 19.6 Å². The monoisotopic (exact) mass is 421 g/mol. The Hall–Kier alpha value is -3.32. The number of methoxy groups -OCH3 is 1. The van der Waals surface area contributed by atoms with Gasteiger partial charge in [-0.15, -0.1) is 0 Å². The van der Waals surface area contributed by atoms with Crippen LogP contribution in [0.3, 0.4) is 0 Å². The molecular formula is C24H27N3O4. The van der Waals surface area contributed by atoms with Crippen LogP contribution >= 0.6 is 0 Å². The van der Waals surface area contributed by atoms with Crippen LogP contribution in [0.5, 0.6) is 5.75 Å². The molecule has 0 N–H and O–H groups in total. The average Bonchev–Trinajstić information content (AvgIpc) is 3.47. The maximum absolute atomic E-state index is 13.2. The smallest absolute Gasteiger partial charge is 0.257 e. The molecule has 1 amide bonds. The van der Waals surface area contributed by atoms with Gasteiger partial charge in [0.15, 0.2) is 0 Å². The highest BCUT2D eigenvalue weighted by Gasteiger charge is 2.35. The number of benzene rings is 1. The quantitative estimate of drug-likeness (QED) is 0.569. The van der Waals surface area contributed by atoms with E-state index in [4.69, 9.17) is 13.6 Å². The summed E-state index contributed by atoms with van der Waals surface area (Å²) in [5, 5.41) is 6.11. The molecule has 0 fully saturated rings. The van der Waals surface area contributed by atoms with Gasteiger partial charge in [0.2, 0.25) is 0 Å². The van der Waals surface area contributed by atoms with Crippen molar-refractivity contribution in [2.45, 2.75) is 32.9 Å². The number of furan rings is 2. The molecule has 0 saturated heterocycles. The summed E-state index contributed by atoms with van der Waals surface area (Å²) in [7, 11) is 3.62. The number of hydrogen-bond donors (Lipinski definition) is 0. The molecule has 162 valence electrons. The van der Waals surface area contributed by atoms with Crippen LogP contribution in [0.1, 0.15) is 40.7 Å². The summed E-state index contributed by atoms with van der Waals surface area (Å²) in [5.41, 5.74) is 4.04. The van der Waals surface area contributed by atoms with Gasteiger partial charge in [-0.2, -0.15) is 5.10 Å². The normalized spacial score (nSPS) is 16.1. The molecule has 0 bridgehead atoms. The lowest BCUT2D eigenvalue weighted by atomic mass is 10.1. The van der Waals surface area contributed by atoms with Crippen molar-refractivity contribution in [3.8, 4) is 5.75 Å². The van der Waals surface area contributed by atoms with E-state index in [2.05, 4.69) is 17.2 Å². The molecule has 0 radical (unpaired) electrons. The molecule has 1 atom stereocenters. The number of nitrogens with zero attached hydrogens (tertiary/aromatic N) is 3. The molecule has 1 aliphatic heterocycles. The van der Waals surface area contributed by atoms with Crippen molar-refractivity contribution < 1.29 is 18.4 Å². The van der Waals surface area contributed by atoms with Gasteiger partial charge in [-0.3, -0.25) is 9.69 Å². The highest BCUT2D eigenvalue weighted by Crippen LogP contribution is 2.33. The standard InChI is InChI=1S/C24H27N3O4/c1-16-11-18(12-17(2)24(16)29-4)14-26(3)15-23(28)27-20(22-8-6-10-31-22)13-19(25-27)21-7-5-9-30-21/h5-12,20H,13-15H2,1-4H3. The summed E-state index contributed by atoms with van der Waals surface area (Å²) in [6.45, 7) is 4.94. The number of hydrazone groups is 1. The number of carbonyl (C=O) groups is 1. The zero-order valence-corrected chi connectivity index (χ0v) is 18.3. The number of likely N-dealkylation sites (N-methyl/N-ethyl adjacent to an activating group) is 1. The maximum atomic E-state index is 13.2. The van der Waals surface area contributed by atoms with Gasteiger partial charge in [-0.25, -0.2) is 5.01 Å². The highest BCUT2D eigenvalue weighted by molar-refractivity contribution is 6.01. The van der Waals surface area contributed by atoms with Crippen molar-refractivity contribution >= 4 is 11.6 Å². The lowest BCUT2D eigenvalue weighted by Crippen LogP contribution is -2.36. The fourth-order valence-electron chi connectivity index (χ4n) is 4.16. The molecule has 7 nitrogen and oxygen atoms in total. The van der Waals surface area contributed by atoms with Crippen molar-refractivity contribution in [1.29, 1.82) is 0 Å². The largest absolute Gasteiger partial charge is 0.496 e. The van der Waals surface area contributed by atoms with E-state index in [1.807, 2.05) is 50.1 Å². The highest BCUT2D eigenvalue weighted by atomic mass is 16.5. The second-order valence-corrected chi connectivity index (χ2v) is 7.93. The van der Waals surface area contributed by atoms with Gasteiger partial charge < -0.3 is 13.6 Å². The fraction of sp³-hybridized carbons (Fsp3) is 0.333. The number of amides is 1. The summed E-state index contributed by atoms with van der Waals surface area (Å²) in [6.07, 6.45) is 3.77. The Kier molecular flexibility index (Phi) is 5.95. The lowest BCUT2D eigenvalue weighted by molar-refractivity contribution is -0.134. The van der Waals surface area contributed by atoms with Crippen molar-refractivity contribution in [2.75, 3.05) is 20.7 Å². The Morgan fingerprint density at radius 3 is 2.52 bits per heavy atom. The molecule has 1 aliphatic rings.